The lowest BCUT2D eigenvalue weighted by Crippen LogP contribution is -2.54. The van der Waals surface area contributed by atoms with E-state index in [4.69, 9.17) is 21.4 Å². The maximum absolute atomic E-state index is 12.2. The summed E-state index contributed by atoms with van der Waals surface area (Å²) in [6, 6.07) is 5.65. The van der Waals surface area contributed by atoms with Crippen molar-refractivity contribution in [3.05, 3.63) is 40.4 Å². The maximum Gasteiger partial charge on any atom is 0.333 e. The molecule has 1 aliphatic rings. The molecular weight excluding hydrogens is 312 g/mol. The van der Waals surface area contributed by atoms with Crippen LogP contribution in [0.5, 0.6) is 0 Å². The number of halogens is 1. The van der Waals surface area contributed by atoms with Crippen molar-refractivity contribution >= 4 is 35.5 Å². The van der Waals surface area contributed by atoms with Crippen molar-refractivity contribution in [3.8, 4) is 0 Å². The number of nitrogens with zero attached hydrogens (tertiary/aromatic N) is 1. The van der Waals surface area contributed by atoms with E-state index < -0.39 is 17.8 Å². The van der Waals surface area contributed by atoms with E-state index in [2.05, 4.69) is 5.32 Å². The Morgan fingerprint density at radius 3 is 2.55 bits per heavy atom. The van der Waals surface area contributed by atoms with E-state index in [9.17, 15) is 14.4 Å². The first-order valence-electron chi connectivity index (χ1n) is 6.36. The molecular formula is C14H13ClN2O5. The summed E-state index contributed by atoms with van der Waals surface area (Å²) < 4.78 is 4.95. The second kappa shape index (κ2) is 7.17. The number of hydrogen-bond acceptors (Lipinski definition) is 5. The third kappa shape index (κ3) is 3.70. The molecule has 0 bridgehead atoms. The molecule has 7 nitrogen and oxygen atoms in total. The van der Waals surface area contributed by atoms with Gasteiger partial charge in [-0.1, -0.05) is 23.7 Å². The molecule has 0 spiro atoms. The van der Waals surface area contributed by atoms with Gasteiger partial charge in [0.2, 0.25) is 0 Å². The number of benzene rings is 1. The van der Waals surface area contributed by atoms with Gasteiger partial charge in [-0.05, 0) is 23.8 Å². The second-order valence-corrected chi connectivity index (χ2v) is 4.80. The SMILES string of the molecule is O=C1NC(=O)N(COCCO)C(=O)/C1=C/c1ccc(Cl)cc1. The van der Waals surface area contributed by atoms with E-state index in [1.807, 2.05) is 0 Å². The molecule has 0 saturated carbocycles. The van der Waals surface area contributed by atoms with E-state index >= 15 is 0 Å². The smallest absolute Gasteiger partial charge is 0.333 e. The minimum atomic E-state index is -0.860. The van der Waals surface area contributed by atoms with Gasteiger partial charge in [0, 0.05) is 5.02 Å². The Morgan fingerprint density at radius 1 is 1.23 bits per heavy atom. The number of amides is 4. The van der Waals surface area contributed by atoms with Crippen molar-refractivity contribution in [2.24, 2.45) is 0 Å². The number of ether oxygens (including phenoxy) is 1. The van der Waals surface area contributed by atoms with Crippen LogP contribution in [-0.4, -0.2) is 47.8 Å². The van der Waals surface area contributed by atoms with Crippen LogP contribution >= 0.6 is 11.6 Å². The molecule has 0 unspecified atom stereocenters. The third-order valence-corrected chi connectivity index (χ3v) is 3.07. The molecule has 0 atom stereocenters. The van der Waals surface area contributed by atoms with Gasteiger partial charge in [-0.2, -0.15) is 0 Å². The highest BCUT2D eigenvalue weighted by Gasteiger charge is 2.35. The summed E-state index contributed by atoms with van der Waals surface area (Å²) in [5, 5.41) is 11.2. The first-order chi connectivity index (χ1) is 10.5. The number of imide groups is 2. The highest BCUT2D eigenvalue weighted by Crippen LogP contribution is 2.16. The van der Waals surface area contributed by atoms with Crippen LogP contribution in [0.4, 0.5) is 4.79 Å². The molecule has 1 heterocycles. The second-order valence-electron chi connectivity index (χ2n) is 4.36. The lowest BCUT2D eigenvalue weighted by atomic mass is 10.1. The predicted octanol–water partition coefficient (Wildman–Crippen LogP) is 0.768. The summed E-state index contributed by atoms with van der Waals surface area (Å²) in [4.78, 5) is 36.4. The Kier molecular flexibility index (Phi) is 5.26. The Labute approximate surface area is 131 Å². The topological polar surface area (TPSA) is 95.9 Å². The Balaban J connectivity index is 2.22. The molecule has 1 fully saturated rings. The fraction of sp³-hybridized carbons (Fsp3) is 0.214. The normalized spacial score (nSPS) is 17.1. The van der Waals surface area contributed by atoms with Crippen LogP contribution in [0.25, 0.3) is 6.08 Å². The van der Waals surface area contributed by atoms with Crippen LogP contribution in [-0.2, 0) is 14.3 Å². The van der Waals surface area contributed by atoms with E-state index in [0.717, 1.165) is 4.90 Å². The van der Waals surface area contributed by atoms with Gasteiger partial charge in [0.25, 0.3) is 11.8 Å². The van der Waals surface area contributed by atoms with Crippen LogP contribution in [0.3, 0.4) is 0 Å². The first kappa shape index (κ1) is 16.2. The van der Waals surface area contributed by atoms with Crippen LogP contribution < -0.4 is 5.32 Å². The van der Waals surface area contributed by atoms with Crippen molar-refractivity contribution in [1.29, 1.82) is 0 Å². The summed E-state index contributed by atoms with van der Waals surface area (Å²) in [6.07, 6.45) is 1.36. The number of barbiturate groups is 1. The zero-order valence-corrected chi connectivity index (χ0v) is 12.2. The van der Waals surface area contributed by atoms with E-state index in [-0.39, 0.29) is 25.5 Å². The molecule has 0 aromatic heterocycles. The van der Waals surface area contributed by atoms with Crippen molar-refractivity contribution in [2.75, 3.05) is 19.9 Å². The number of carbonyl (C=O) groups excluding carboxylic acids is 3. The highest BCUT2D eigenvalue weighted by molar-refractivity contribution is 6.31. The molecule has 0 aliphatic carbocycles. The fourth-order valence-corrected chi connectivity index (χ4v) is 1.88. The number of hydrogen-bond donors (Lipinski definition) is 2. The quantitative estimate of drug-likeness (QED) is 0.474. The van der Waals surface area contributed by atoms with Crippen LogP contribution in [0.15, 0.2) is 29.8 Å². The average Bonchev–Trinajstić information content (AvgIpc) is 2.49. The van der Waals surface area contributed by atoms with Crippen LogP contribution in [0.2, 0.25) is 5.02 Å². The molecule has 8 heteroatoms. The molecule has 1 aromatic rings. The standard InChI is InChI=1S/C14H13ClN2O5/c15-10-3-1-9(2-4-10)7-11-12(19)16-14(21)17(13(11)20)8-22-6-5-18/h1-4,7,18H,5-6,8H2,(H,16,19,21)/b11-7+. The molecule has 0 radical (unpaired) electrons. The van der Waals surface area contributed by atoms with Crippen molar-refractivity contribution in [3.63, 3.8) is 0 Å². The number of urea groups is 1. The minimum Gasteiger partial charge on any atom is -0.394 e. The van der Waals surface area contributed by atoms with E-state index in [1.54, 1.807) is 24.3 Å². The predicted molar refractivity (Wildman–Crippen MR) is 77.7 cm³/mol. The Hall–Kier alpha value is -2.22. The molecule has 22 heavy (non-hydrogen) atoms. The number of nitrogens with one attached hydrogen (secondary N) is 1. The van der Waals surface area contributed by atoms with Crippen molar-refractivity contribution in [2.45, 2.75) is 0 Å². The van der Waals surface area contributed by atoms with E-state index in [1.165, 1.54) is 6.08 Å². The first-order valence-corrected chi connectivity index (χ1v) is 6.74. The molecule has 1 saturated heterocycles. The number of aliphatic hydroxyl groups is 1. The number of rotatable bonds is 5. The van der Waals surface area contributed by atoms with Gasteiger partial charge < -0.3 is 9.84 Å². The summed E-state index contributed by atoms with van der Waals surface area (Å²) >= 11 is 5.77. The minimum absolute atomic E-state index is 0.0265. The average molecular weight is 325 g/mol. The monoisotopic (exact) mass is 324 g/mol. The molecule has 116 valence electrons. The van der Waals surface area contributed by atoms with Gasteiger partial charge in [-0.3, -0.25) is 14.9 Å². The summed E-state index contributed by atoms with van der Waals surface area (Å²) in [5.74, 6) is -1.54. The van der Waals surface area contributed by atoms with Crippen LogP contribution in [0, 0.1) is 0 Å². The fourth-order valence-electron chi connectivity index (χ4n) is 1.76. The summed E-state index contributed by atoms with van der Waals surface area (Å²) in [7, 11) is 0. The Morgan fingerprint density at radius 2 is 1.91 bits per heavy atom. The largest absolute Gasteiger partial charge is 0.394 e. The van der Waals surface area contributed by atoms with Crippen molar-refractivity contribution in [1.82, 2.24) is 10.2 Å². The zero-order valence-electron chi connectivity index (χ0n) is 11.4. The summed E-state index contributed by atoms with van der Waals surface area (Å²) in [6.45, 7) is -0.617. The van der Waals surface area contributed by atoms with Gasteiger partial charge in [0.1, 0.15) is 12.3 Å². The lowest BCUT2D eigenvalue weighted by molar-refractivity contribution is -0.133. The number of carbonyl (C=O) groups is 3. The lowest BCUT2D eigenvalue weighted by Gasteiger charge is -2.25. The third-order valence-electron chi connectivity index (χ3n) is 2.82. The van der Waals surface area contributed by atoms with Gasteiger partial charge in [-0.25, -0.2) is 9.69 Å². The molecule has 1 aromatic carbocycles. The van der Waals surface area contributed by atoms with Gasteiger partial charge in [0.05, 0.1) is 13.2 Å². The molecule has 2 rings (SSSR count). The Bertz CT molecular complexity index is 627. The van der Waals surface area contributed by atoms with Gasteiger partial charge in [0.15, 0.2) is 0 Å². The van der Waals surface area contributed by atoms with Gasteiger partial charge >= 0.3 is 6.03 Å². The number of aliphatic hydroxyl groups excluding tert-OH is 1. The van der Waals surface area contributed by atoms with Crippen LogP contribution in [0.1, 0.15) is 5.56 Å². The molecule has 2 N–H and O–H groups in total. The highest BCUT2D eigenvalue weighted by atomic mass is 35.5. The summed E-state index contributed by atoms with van der Waals surface area (Å²) in [5.41, 5.74) is 0.406. The maximum atomic E-state index is 12.2. The molecule has 4 amide bonds. The molecule has 1 aliphatic heterocycles. The van der Waals surface area contributed by atoms with Crippen molar-refractivity contribution < 1.29 is 24.2 Å². The zero-order chi connectivity index (χ0) is 16.1. The van der Waals surface area contributed by atoms with E-state index in [0.29, 0.717) is 10.6 Å². The van der Waals surface area contributed by atoms with Gasteiger partial charge in [-0.15, -0.1) is 0 Å².